The quantitative estimate of drug-likeness (QED) is 0.695. The van der Waals surface area contributed by atoms with Crippen molar-refractivity contribution in [1.29, 1.82) is 0 Å². The molecule has 2 rings (SSSR count). The first-order valence-corrected chi connectivity index (χ1v) is 9.34. The molecule has 0 fully saturated rings. The van der Waals surface area contributed by atoms with E-state index >= 15 is 0 Å². The van der Waals surface area contributed by atoms with E-state index < -0.39 is 30.2 Å². The summed E-state index contributed by atoms with van der Waals surface area (Å²) in [5, 5.41) is 0. The van der Waals surface area contributed by atoms with Crippen LogP contribution in [0.1, 0.15) is 12.0 Å². The van der Waals surface area contributed by atoms with Gasteiger partial charge in [0.1, 0.15) is 0 Å². The summed E-state index contributed by atoms with van der Waals surface area (Å²) >= 11 is -2.10. The molecule has 0 atom stereocenters. The Balaban J connectivity index is 2.22. The van der Waals surface area contributed by atoms with Gasteiger partial charge in [0.25, 0.3) is 0 Å². The fourth-order valence-electron chi connectivity index (χ4n) is 1.89. The van der Waals surface area contributed by atoms with Crippen LogP contribution >= 0.6 is 0 Å². The van der Waals surface area contributed by atoms with Crippen molar-refractivity contribution in [2.45, 2.75) is 28.0 Å². The van der Waals surface area contributed by atoms with Crippen molar-refractivity contribution in [2.75, 3.05) is 0 Å². The summed E-state index contributed by atoms with van der Waals surface area (Å²) in [5.41, 5.74) is 1.17. The molecule has 1 heterocycles. The van der Waals surface area contributed by atoms with Crippen molar-refractivity contribution in [3.05, 3.63) is 29.8 Å². The van der Waals surface area contributed by atoms with Gasteiger partial charge in [0.2, 0.25) is 0 Å². The Hall–Kier alpha value is -0.200. The van der Waals surface area contributed by atoms with E-state index in [0.29, 0.717) is 0 Å². The number of halogens is 3. The maximum atomic E-state index is 12.4. The fraction of sp³-hybridized carbons (Fsp3) is 0.455. The number of hydrogen-bond donors (Lipinski definition) is 0. The third-order valence-electron chi connectivity index (χ3n) is 2.46. The van der Waals surface area contributed by atoms with Gasteiger partial charge in [0, 0.05) is 0 Å². The zero-order chi connectivity index (χ0) is 10.9. The molecular formula is C11H12F3Te+. The van der Waals surface area contributed by atoms with E-state index in [0.717, 1.165) is 20.9 Å². The van der Waals surface area contributed by atoms with Crippen molar-refractivity contribution in [1.82, 2.24) is 0 Å². The summed E-state index contributed by atoms with van der Waals surface area (Å²) in [6.07, 6.45) is -2.06. The van der Waals surface area contributed by atoms with Crippen LogP contribution in [0.15, 0.2) is 24.3 Å². The van der Waals surface area contributed by atoms with E-state index in [1.54, 1.807) is 0 Å². The number of aryl methyl sites for hydroxylation is 1. The van der Waals surface area contributed by atoms with Gasteiger partial charge >= 0.3 is 94.1 Å². The summed E-state index contributed by atoms with van der Waals surface area (Å²) in [6.45, 7) is 0. The number of benzene rings is 1. The van der Waals surface area contributed by atoms with Crippen molar-refractivity contribution < 1.29 is 13.2 Å². The van der Waals surface area contributed by atoms with Crippen molar-refractivity contribution >= 4 is 23.2 Å². The first-order valence-electron chi connectivity index (χ1n) is 4.88. The summed E-state index contributed by atoms with van der Waals surface area (Å²) in [7, 11) is 0. The summed E-state index contributed by atoms with van der Waals surface area (Å²) in [6, 6.07) is 7.69. The minimum atomic E-state index is -3.97. The van der Waals surface area contributed by atoms with Crippen LogP contribution < -0.4 is 3.61 Å². The van der Waals surface area contributed by atoms with Crippen LogP contribution in [0.4, 0.5) is 13.2 Å². The van der Waals surface area contributed by atoms with Gasteiger partial charge in [-0.2, -0.15) is 0 Å². The molecule has 1 aromatic carbocycles. The van der Waals surface area contributed by atoms with Gasteiger partial charge in [-0.15, -0.1) is 0 Å². The van der Waals surface area contributed by atoms with Gasteiger partial charge in [0.15, 0.2) is 0 Å². The van der Waals surface area contributed by atoms with Crippen molar-refractivity contribution in [2.24, 2.45) is 0 Å². The van der Waals surface area contributed by atoms with Crippen LogP contribution in [0.5, 0.6) is 0 Å². The fourth-order valence-corrected chi connectivity index (χ4v) is 8.22. The predicted molar refractivity (Wildman–Crippen MR) is 55.8 cm³/mol. The van der Waals surface area contributed by atoms with Gasteiger partial charge in [-0.05, 0) is 0 Å². The Bertz CT molecular complexity index is 346. The van der Waals surface area contributed by atoms with Crippen LogP contribution in [0.25, 0.3) is 0 Å². The topological polar surface area (TPSA) is 0 Å². The van der Waals surface area contributed by atoms with E-state index in [9.17, 15) is 13.2 Å². The average molecular weight is 329 g/mol. The minimum absolute atomic E-state index is 0.507. The third kappa shape index (κ3) is 2.89. The second kappa shape index (κ2) is 4.35. The third-order valence-corrected chi connectivity index (χ3v) is 9.53. The van der Waals surface area contributed by atoms with Crippen LogP contribution in [-0.2, 0) is 6.42 Å². The van der Waals surface area contributed by atoms with Gasteiger partial charge in [-0.25, -0.2) is 0 Å². The average Bonchev–Trinajstić information content (AvgIpc) is 2.16. The Kier molecular flexibility index (Phi) is 3.27. The molecule has 0 nitrogen and oxygen atoms in total. The van der Waals surface area contributed by atoms with Gasteiger partial charge in [-0.1, -0.05) is 0 Å². The second-order valence-electron chi connectivity index (χ2n) is 3.67. The molecule has 1 aliphatic heterocycles. The Labute approximate surface area is 94.1 Å². The monoisotopic (exact) mass is 331 g/mol. The zero-order valence-electron chi connectivity index (χ0n) is 8.18. The molecule has 0 aromatic heterocycles. The molecule has 0 saturated carbocycles. The SMILES string of the molecule is FC(F)(F)C[Te+]1CCCc2ccccc21. The standard InChI is InChI=1S/C11H12F3Te/c12-11(13,14)8-15-7-3-5-9-4-1-2-6-10(9)15/h1-2,4,6H,3,5,7-8H2/q+1. The second-order valence-corrected chi connectivity index (χ2v) is 9.73. The molecule has 0 N–H and O–H groups in total. The molecule has 0 spiro atoms. The zero-order valence-corrected chi connectivity index (χ0v) is 10.5. The summed E-state index contributed by atoms with van der Waals surface area (Å²) in [4.78, 5) is 0. The van der Waals surface area contributed by atoms with Gasteiger partial charge < -0.3 is 0 Å². The molecular weight excluding hydrogens is 317 g/mol. The molecule has 4 heteroatoms. The van der Waals surface area contributed by atoms with Gasteiger partial charge in [-0.3, -0.25) is 0 Å². The van der Waals surface area contributed by atoms with Crippen LogP contribution in [0.3, 0.4) is 0 Å². The first-order chi connectivity index (χ1) is 7.06. The van der Waals surface area contributed by atoms with E-state index in [1.165, 1.54) is 5.56 Å². The van der Waals surface area contributed by atoms with Crippen molar-refractivity contribution in [3.8, 4) is 0 Å². The molecule has 0 radical (unpaired) electrons. The van der Waals surface area contributed by atoms with Crippen LogP contribution in [0.2, 0.25) is 8.94 Å². The molecule has 0 amide bonds. The Morgan fingerprint density at radius 3 is 2.67 bits per heavy atom. The molecule has 82 valence electrons. The molecule has 0 saturated heterocycles. The number of hydrogen-bond acceptors (Lipinski definition) is 0. The summed E-state index contributed by atoms with van der Waals surface area (Å²) in [5.74, 6) is 0. The molecule has 0 unspecified atom stereocenters. The summed E-state index contributed by atoms with van der Waals surface area (Å²) < 4.78 is 38.5. The number of rotatable bonds is 1. The van der Waals surface area contributed by atoms with Crippen LogP contribution in [-0.4, -0.2) is 25.7 Å². The molecule has 1 aromatic rings. The number of alkyl halides is 3. The maximum absolute atomic E-state index is 12.4. The van der Waals surface area contributed by atoms with E-state index in [4.69, 9.17) is 0 Å². The van der Waals surface area contributed by atoms with Crippen molar-refractivity contribution in [3.63, 3.8) is 0 Å². The molecule has 0 bridgehead atoms. The molecule has 15 heavy (non-hydrogen) atoms. The van der Waals surface area contributed by atoms with E-state index in [1.807, 2.05) is 24.3 Å². The van der Waals surface area contributed by atoms with Gasteiger partial charge in [0.05, 0.1) is 0 Å². The van der Waals surface area contributed by atoms with Crippen LogP contribution in [0, 0.1) is 0 Å². The Morgan fingerprint density at radius 2 is 1.93 bits per heavy atom. The normalized spacial score (nSPS) is 17.5. The first kappa shape index (κ1) is 11.3. The molecule has 0 aliphatic carbocycles. The Morgan fingerprint density at radius 1 is 1.20 bits per heavy atom. The van der Waals surface area contributed by atoms with E-state index in [-0.39, 0.29) is 0 Å². The number of fused-ring (bicyclic) bond motifs is 1. The molecule has 1 aliphatic rings. The predicted octanol–water partition coefficient (Wildman–Crippen LogP) is 2.90. The van der Waals surface area contributed by atoms with E-state index in [2.05, 4.69) is 0 Å².